The fraction of sp³-hybridized carbons (Fsp3) is 0.538. The van der Waals surface area contributed by atoms with Crippen molar-refractivity contribution < 1.29 is 18.0 Å². The molecule has 1 N–H and O–H groups in total. The Morgan fingerprint density at radius 1 is 1.48 bits per heavy atom. The number of aromatic nitrogens is 1. The molecule has 1 aliphatic rings. The predicted molar refractivity (Wildman–Crippen MR) is 76.4 cm³/mol. The van der Waals surface area contributed by atoms with Gasteiger partial charge in [-0.1, -0.05) is 6.07 Å². The molecular formula is C13H16F3N3OS. The van der Waals surface area contributed by atoms with E-state index in [9.17, 15) is 18.0 Å². The van der Waals surface area contributed by atoms with Gasteiger partial charge in [0.05, 0.1) is 0 Å². The minimum Gasteiger partial charge on any atom is -0.355 e. The average Bonchev–Trinajstić information content (AvgIpc) is 2.92. The van der Waals surface area contributed by atoms with Crippen molar-refractivity contribution in [3.8, 4) is 0 Å². The first-order chi connectivity index (χ1) is 9.90. The lowest BCUT2D eigenvalue weighted by Crippen LogP contribution is -2.52. The van der Waals surface area contributed by atoms with E-state index in [1.54, 1.807) is 18.2 Å². The first kappa shape index (κ1) is 15.9. The van der Waals surface area contributed by atoms with Crippen LogP contribution in [0.2, 0.25) is 0 Å². The smallest absolute Gasteiger partial charge is 0.355 e. The number of carbonyl (C=O) groups excluding carboxylic acids is 1. The second-order valence-electron chi connectivity index (χ2n) is 4.92. The van der Waals surface area contributed by atoms with Gasteiger partial charge < -0.3 is 10.2 Å². The first-order valence-electron chi connectivity index (χ1n) is 6.52. The van der Waals surface area contributed by atoms with Crippen LogP contribution < -0.4 is 10.2 Å². The molecule has 1 fully saturated rings. The third kappa shape index (κ3) is 3.09. The summed E-state index contributed by atoms with van der Waals surface area (Å²) in [5, 5.41) is 2.31. The Balaban J connectivity index is 2.22. The molecule has 1 atom stereocenters. The lowest BCUT2D eigenvalue weighted by molar-refractivity contribution is -0.215. The molecule has 4 nitrogen and oxygen atoms in total. The van der Waals surface area contributed by atoms with Gasteiger partial charge in [-0.3, -0.25) is 4.79 Å². The Kier molecular flexibility index (Phi) is 4.65. The van der Waals surface area contributed by atoms with Crippen LogP contribution in [0, 0.1) is 5.41 Å². The zero-order chi connectivity index (χ0) is 15.5. The van der Waals surface area contributed by atoms with Crippen LogP contribution in [0.5, 0.6) is 0 Å². The number of hydrogen-bond acceptors (Lipinski definition) is 4. The number of alkyl halides is 3. The van der Waals surface area contributed by atoms with Crippen molar-refractivity contribution in [1.82, 2.24) is 10.3 Å². The Morgan fingerprint density at radius 3 is 2.81 bits per heavy atom. The number of anilines is 1. The molecule has 1 unspecified atom stereocenters. The van der Waals surface area contributed by atoms with Crippen molar-refractivity contribution in [3.05, 3.63) is 24.4 Å². The number of halogens is 3. The Hall–Kier alpha value is -1.44. The maximum atomic E-state index is 13.5. The minimum absolute atomic E-state index is 0.114. The third-order valence-corrected chi connectivity index (χ3v) is 3.84. The summed E-state index contributed by atoms with van der Waals surface area (Å²) >= 11 is 3.90. The van der Waals surface area contributed by atoms with Gasteiger partial charge in [0, 0.05) is 31.6 Å². The summed E-state index contributed by atoms with van der Waals surface area (Å²) < 4.78 is 40.4. The summed E-state index contributed by atoms with van der Waals surface area (Å²) in [4.78, 5) is 17.6. The lowest BCUT2D eigenvalue weighted by Gasteiger charge is -2.30. The van der Waals surface area contributed by atoms with Gasteiger partial charge >= 0.3 is 6.18 Å². The molecule has 0 saturated carbocycles. The van der Waals surface area contributed by atoms with Crippen molar-refractivity contribution in [1.29, 1.82) is 0 Å². The highest BCUT2D eigenvalue weighted by Gasteiger charge is 2.63. The molecule has 1 saturated heterocycles. The van der Waals surface area contributed by atoms with E-state index in [2.05, 4.69) is 22.9 Å². The van der Waals surface area contributed by atoms with E-state index in [0.29, 0.717) is 11.6 Å². The van der Waals surface area contributed by atoms with Crippen molar-refractivity contribution in [3.63, 3.8) is 0 Å². The molecule has 0 radical (unpaired) electrons. The van der Waals surface area contributed by atoms with Gasteiger partial charge in [-0.25, -0.2) is 4.98 Å². The standard InChI is InChI=1S/C13H16F3N3OS/c14-13(15,16)12(11(20)18-6-8-21)4-7-19(9-12)10-3-1-2-5-17-10/h1-3,5,21H,4,6-9H2,(H,18,20). The van der Waals surface area contributed by atoms with Gasteiger partial charge in [-0.2, -0.15) is 25.8 Å². The number of thiol groups is 1. The second-order valence-corrected chi connectivity index (χ2v) is 5.37. The van der Waals surface area contributed by atoms with Crippen LogP contribution in [0.25, 0.3) is 0 Å². The molecule has 0 bridgehead atoms. The molecule has 1 aliphatic heterocycles. The van der Waals surface area contributed by atoms with Crippen molar-refractivity contribution in [2.45, 2.75) is 12.6 Å². The maximum absolute atomic E-state index is 13.5. The highest BCUT2D eigenvalue weighted by atomic mass is 32.1. The van der Waals surface area contributed by atoms with Crippen LogP contribution >= 0.6 is 12.6 Å². The average molecular weight is 319 g/mol. The van der Waals surface area contributed by atoms with Gasteiger partial charge in [-0.15, -0.1) is 0 Å². The van der Waals surface area contributed by atoms with E-state index >= 15 is 0 Å². The van der Waals surface area contributed by atoms with E-state index in [-0.39, 0.29) is 19.5 Å². The van der Waals surface area contributed by atoms with Crippen LogP contribution in [-0.2, 0) is 4.79 Å². The predicted octanol–water partition coefficient (Wildman–Crippen LogP) is 1.89. The number of rotatable bonds is 4. The summed E-state index contributed by atoms with van der Waals surface area (Å²) in [5.41, 5.74) is -2.38. The highest BCUT2D eigenvalue weighted by Crippen LogP contribution is 2.46. The fourth-order valence-corrected chi connectivity index (χ4v) is 2.54. The fourth-order valence-electron chi connectivity index (χ4n) is 2.43. The number of hydrogen-bond donors (Lipinski definition) is 2. The molecule has 1 aromatic heterocycles. The number of nitrogens with zero attached hydrogens (tertiary/aromatic N) is 2. The molecule has 2 heterocycles. The normalized spacial score (nSPS) is 22.4. The number of amides is 1. The molecule has 2 rings (SSSR count). The molecule has 0 spiro atoms. The second kappa shape index (κ2) is 6.13. The van der Waals surface area contributed by atoms with Crippen molar-refractivity contribution >= 4 is 24.4 Å². The quantitative estimate of drug-likeness (QED) is 0.833. The lowest BCUT2D eigenvalue weighted by atomic mass is 9.85. The first-order valence-corrected chi connectivity index (χ1v) is 7.16. The number of nitrogens with one attached hydrogen (secondary N) is 1. The third-order valence-electron chi connectivity index (χ3n) is 3.62. The molecular weight excluding hydrogens is 303 g/mol. The van der Waals surface area contributed by atoms with Crippen LogP contribution in [0.3, 0.4) is 0 Å². The van der Waals surface area contributed by atoms with Crippen LogP contribution in [0.15, 0.2) is 24.4 Å². The molecule has 21 heavy (non-hydrogen) atoms. The minimum atomic E-state index is -4.60. The van der Waals surface area contributed by atoms with E-state index in [1.807, 2.05) is 0 Å². The monoisotopic (exact) mass is 319 g/mol. The molecule has 8 heteroatoms. The van der Waals surface area contributed by atoms with Crippen molar-refractivity contribution in [2.24, 2.45) is 5.41 Å². The van der Waals surface area contributed by atoms with Crippen LogP contribution in [0.4, 0.5) is 19.0 Å². The topological polar surface area (TPSA) is 45.2 Å². The van der Waals surface area contributed by atoms with Crippen LogP contribution in [-0.4, -0.2) is 42.5 Å². The molecule has 1 amide bonds. The number of carbonyl (C=O) groups is 1. The molecule has 1 aromatic rings. The molecule has 116 valence electrons. The SMILES string of the molecule is O=C(NCCS)C1(C(F)(F)F)CCN(c2ccccn2)C1. The van der Waals surface area contributed by atoms with Gasteiger partial charge in [-0.05, 0) is 18.6 Å². The van der Waals surface area contributed by atoms with E-state index < -0.39 is 24.0 Å². The maximum Gasteiger partial charge on any atom is 0.404 e. The van der Waals surface area contributed by atoms with Crippen LogP contribution in [0.1, 0.15) is 6.42 Å². The Morgan fingerprint density at radius 2 is 2.24 bits per heavy atom. The molecule has 0 aliphatic carbocycles. The highest BCUT2D eigenvalue weighted by molar-refractivity contribution is 7.80. The van der Waals surface area contributed by atoms with E-state index in [0.717, 1.165) is 0 Å². The van der Waals surface area contributed by atoms with Gasteiger partial charge in [0.15, 0.2) is 5.41 Å². The van der Waals surface area contributed by atoms with Gasteiger partial charge in [0.1, 0.15) is 5.82 Å². The van der Waals surface area contributed by atoms with E-state index in [4.69, 9.17) is 0 Å². The van der Waals surface area contributed by atoms with Crippen molar-refractivity contribution in [2.75, 3.05) is 30.3 Å². The zero-order valence-electron chi connectivity index (χ0n) is 11.2. The molecule has 0 aromatic carbocycles. The van der Waals surface area contributed by atoms with E-state index in [1.165, 1.54) is 11.1 Å². The van der Waals surface area contributed by atoms with Gasteiger partial charge in [0.25, 0.3) is 0 Å². The van der Waals surface area contributed by atoms with Gasteiger partial charge in [0.2, 0.25) is 5.91 Å². The summed E-state index contributed by atoms with van der Waals surface area (Å²) in [6, 6.07) is 5.03. The summed E-state index contributed by atoms with van der Waals surface area (Å²) in [6.45, 7) is -0.153. The Labute approximate surface area is 126 Å². The Bertz CT molecular complexity index is 497. The zero-order valence-corrected chi connectivity index (χ0v) is 12.1. The largest absolute Gasteiger partial charge is 0.404 e. The number of pyridine rings is 1. The summed E-state index contributed by atoms with van der Waals surface area (Å²) in [6.07, 6.45) is -3.35. The summed E-state index contributed by atoms with van der Waals surface area (Å²) in [5.74, 6) is -0.239. The summed E-state index contributed by atoms with van der Waals surface area (Å²) in [7, 11) is 0.